The van der Waals surface area contributed by atoms with Gasteiger partial charge in [-0.15, -0.1) is 4.68 Å². The second-order valence-electron chi connectivity index (χ2n) is 3.83. The van der Waals surface area contributed by atoms with Gasteiger partial charge in [0.25, 0.3) is 0 Å². The van der Waals surface area contributed by atoms with E-state index in [2.05, 4.69) is 0 Å². The number of carbonyl (C=O) groups excluding carboxylic acids is 1. The molecule has 0 saturated heterocycles. The van der Waals surface area contributed by atoms with E-state index in [1.54, 1.807) is 4.68 Å². The topological polar surface area (TPSA) is 35.1 Å². The summed E-state index contributed by atoms with van der Waals surface area (Å²) < 4.78 is 8.50. The fourth-order valence-corrected chi connectivity index (χ4v) is 1.94. The summed E-state index contributed by atoms with van der Waals surface area (Å²) in [6.07, 6.45) is 0. The van der Waals surface area contributed by atoms with E-state index in [1.807, 2.05) is 55.1 Å². The van der Waals surface area contributed by atoms with Gasteiger partial charge in [-0.1, -0.05) is 22.9 Å². The zero-order valence-electron chi connectivity index (χ0n) is 10.6. The van der Waals surface area contributed by atoms with E-state index in [9.17, 15) is 4.79 Å². The predicted molar refractivity (Wildman–Crippen MR) is 63.0 cm³/mol. The minimum Gasteiger partial charge on any atom is -1.00 e. The highest BCUT2D eigenvalue weighted by atomic mass is 127. The van der Waals surface area contributed by atoms with Crippen LogP contribution in [0.2, 0.25) is 0 Å². The molecule has 0 aliphatic carbocycles. The van der Waals surface area contributed by atoms with Gasteiger partial charge in [-0.3, -0.25) is 0 Å². The van der Waals surface area contributed by atoms with Gasteiger partial charge in [-0.2, -0.15) is 0 Å². The van der Waals surface area contributed by atoms with Gasteiger partial charge in [0, 0.05) is 6.07 Å². The molecular weight excluding hydrogens is 343 g/mol. The number of aromatic nitrogens is 2. The first-order valence-electron chi connectivity index (χ1n) is 5.37. The molecule has 0 aliphatic rings. The van der Waals surface area contributed by atoms with Crippen LogP contribution in [-0.4, -0.2) is 17.8 Å². The van der Waals surface area contributed by atoms with Crippen molar-refractivity contribution in [3.63, 3.8) is 0 Å². The van der Waals surface area contributed by atoms with Crippen molar-refractivity contribution >= 4 is 5.97 Å². The standard InChI is InChI=1S/C13H15N2O2.HI/c1-10-9-12(13(16)17-3)14(2)15(10)11-7-5-4-6-8-11;/h4-9H,1-3H3;1H/q+1;/p-1. The number of ether oxygens (including phenoxy) is 1. The fourth-order valence-electron chi connectivity index (χ4n) is 1.94. The van der Waals surface area contributed by atoms with E-state index >= 15 is 0 Å². The summed E-state index contributed by atoms with van der Waals surface area (Å²) in [5.74, 6) is -0.328. The van der Waals surface area contributed by atoms with Crippen molar-refractivity contribution in [2.75, 3.05) is 7.11 Å². The molecule has 0 aliphatic heterocycles. The largest absolute Gasteiger partial charge is 1.00 e. The summed E-state index contributed by atoms with van der Waals surface area (Å²) in [4.78, 5) is 11.6. The van der Waals surface area contributed by atoms with Crippen LogP contribution in [-0.2, 0) is 11.8 Å². The third-order valence-corrected chi connectivity index (χ3v) is 2.72. The minimum absolute atomic E-state index is 0. The lowest BCUT2D eigenvalue weighted by Crippen LogP contribution is -3.00. The van der Waals surface area contributed by atoms with Gasteiger partial charge in [0.1, 0.15) is 5.69 Å². The molecule has 0 unspecified atom stereocenters. The molecule has 5 heteroatoms. The Labute approximate surface area is 123 Å². The van der Waals surface area contributed by atoms with Crippen LogP contribution >= 0.6 is 0 Å². The van der Waals surface area contributed by atoms with E-state index in [4.69, 9.17) is 4.74 Å². The average Bonchev–Trinajstić information content (AvgIpc) is 2.65. The van der Waals surface area contributed by atoms with E-state index in [0.717, 1.165) is 11.4 Å². The molecule has 0 radical (unpaired) electrons. The van der Waals surface area contributed by atoms with Crippen molar-refractivity contribution in [2.45, 2.75) is 6.92 Å². The Balaban J connectivity index is 0.00000162. The van der Waals surface area contributed by atoms with Gasteiger partial charge >= 0.3 is 11.7 Å². The summed E-state index contributed by atoms with van der Waals surface area (Å²) in [7, 11) is 3.23. The number of esters is 1. The van der Waals surface area contributed by atoms with Gasteiger partial charge in [-0.25, -0.2) is 4.79 Å². The number of para-hydroxylation sites is 1. The lowest BCUT2D eigenvalue weighted by Gasteiger charge is -2.02. The molecule has 4 nitrogen and oxygen atoms in total. The van der Waals surface area contributed by atoms with Crippen LogP contribution < -0.4 is 28.7 Å². The van der Waals surface area contributed by atoms with Crippen molar-refractivity contribution in [2.24, 2.45) is 7.05 Å². The molecule has 0 N–H and O–H groups in total. The molecule has 1 aromatic heterocycles. The average molecular weight is 358 g/mol. The van der Waals surface area contributed by atoms with Crippen LogP contribution in [0.25, 0.3) is 5.69 Å². The molecule has 0 bridgehead atoms. The number of benzene rings is 1. The van der Waals surface area contributed by atoms with Crippen LogP contribution in [0.3, 0.4) is 0 Å². The molecule has 18 heavy (non-hydrogen) atoms. The molecule has 2 rings (SSSR count). The molecule has 0 saturated carbocycles. The number of aryl methyl sites for hydroxylation is 1. The van der Waals surface area contributed by atoms with Gasteiger partial charge in [0.05, 0.1) is 12.8 Å². The number of rotatable bonds is 2. The highest BCUT2D eigenvalue weighted by Crippen LogP contribution is 2.10. The summed E-state index contributed by atoms with van der Waals surface area (Å²) >= 11 is 0. The van der Waals surface area contributed by atoms with E-state index in [-0.39, 0.29) is 29.9 Å². The van der Waals surface area contributed by atoms with Crippen molar-refractivity contribution in [3.05, 3.63) is 47.8 Å². The molecule has 0 amide bonds. The van der Waals surface area contributed by atoms with Gasteiger partial charge in [-0.05, 0) is 19.1 Å². The Bertz CT molecular complexity index is 550. The third-order valence-electron chi connectivity index (χ3n) is 2.72. The van der Waals surface area contributed by atoms with E-state index in [0.29, 0.717) is 5.69 Å². The van der Waals surface area contributed by atoms with Crippen LogP contribution in [0, 0.1) is 6.92 Å². The Morgan fingerprint density at radius 1 is 1.28 bits per heavy atom. The Kier molecular flexibility index (Phi) is 4.89. The SMILES string of the molecule is COC(=O)c1cc(C)n(-c2ccccc2)[n+]1C.[I-]. The quantitative estimate of drug-likeness (QED) is 0.368. The van der Waals surface area contributed by atoms with E-state index in [1.165, 1.54) is 7.11 Å². The highest BCUT2D eigenvalue weighted by Gasteiger charge is 2.25. The maximum absolute atomic E-state index is 11.6. The molecular formula is C13H15IN2O2. The number of hydrogen-bond donors (Lipinski definition) is 0. The van der Waals surface area contributed by atoms with Crippen molar-refractivity contribution in [1.29, 1.82) is 0 Å². The van der Waals surface area contributed by atoms with Gasteiger partial charge in [0.15, 0.2) is 7.05 Å². The monoisotopic (exact) mass is 358 g/mol. The zero-order chi connectivity index (χ0) is 12.4. The number of methoxy groups -OCH3 is 1. The van der Waals surface area contributed by atoms with Crippen molar-refractivity contribution in [3.8, 4) is 5.69 Å². The normalized spacial score (nSPS) is 9.72. The number of hydrogen-bond acceptors (Lipinski definition) is 2. The first-order valence-corrected chi connectivity index (χ1v) is 5.37. The maximum Gasteiger partial charge on any atom is 0.405 e. The predicted octanol–water partition coefficient (Wildman–Crippen LogP) is -1.60. The number of carbonyl (C=O) groups is 1. The minimum atomic E-state index is -0.328. The lowest BCUT2D eigenvalue weighted by atomic mass is 10.3. The van der Waals surface area contributed by atoms with Crippen LogP contribution in [0.1, 0.15) is 16.2 Å². The number of nitrogens with zero attached hydrogens (tertiary/aromatic N) is 2. The summed E-state index contributed by atoms with van der Waals surface area (Å²) in [5.41, 5.74) is 2.54. The molecule has 2 aromatic rings. The summed E-state index contributed by atoms with van der Waals surface area (Å²) in [6, 6.07) is 11.7. The molecule has 96 valence electrons. The van der Waals surface area contributed by atoms with Crippen LogP contribution in [0.5, 0.6) is 0 Å². The highest BCUT2D eigenvalue weighted by molar-refractivity contribution is 5.85. The zero-order valence-corrected chi connectivity index (χ0v) is 12.7. The van der Waals surface area contributed by atoms with Crippen molar-refractivity contribution in [1.82, 2.24) is 4.68 Å². The smallest absolute Gasteiger partial charge is 0.405 e. The maximum atomic E-state index is 11.6. The van der Waals surface area contributed by atoms with Crippen LogP contribution in [0.15, 0.2) is 36.4 Å². The molecule has 1 heterocycles. The van der Waals surface area contributed by atoms with Crippen molar-refractivity contribution < 1.29 is 38.2 Å². The molecule has 0 spiro atoms. The Morgan fingerprint density at radius 2 is 1.89 bits per heavy atom. The summed E-state index contributed by atoms with van der Waals surface area (Å²) in [6.45, 7) is 1.96. The Hall–Kier alpha value is -1.37. The lowest BCUT2D eigenvalue weighted by molar-refractivity contribution is -0.746. The molecule has 1 aromatic carbocycles. The second-order valence-corrected chi connectivity index (χ2v) is 3.83. The fraction of sp³-hybridized carbons (Fsp3) is 0.231. The molecule has 0 fully saturated rings. The third kappa shape index (κ3) is 2.55. The van der Waals surface area contributed by atoms with E-state index < -0.39 is 0 Å². The molecule has 0 atom stereocenters. The van der Waals surface area contributed by atoms with Gasteiger partial charge < -0.3 is 28.7 Å². The first-order chi connectivity index (χ1) is 8.15. The van der Waals surface area contributed by atoms with Crippen LogP contribution in [0.4, 0.5) is 0 Å². The summed E-state index contributed by atoms with van der Waals surface area (Å²) in [5, 5.41) is 0. The second kappa shape index (κ2) is 5.99. The number of halogens is 1. The first kappa shape index (κ1) is 14.7. The Morgan fingerprint density at radius 3 is 2.44 bits per heavy atom. The van der Waals surface area contributed by atoms with Gasteiger partial charge in [0.2, 0.25) is 0 Å².